The maximum absolute atomic E-state index is 13.0. The van der Waals surface area contributed by atoms with Gasteiger partial charge in [-0.2, -0.15) is 0 Å². The van der Waals surface area contributed by atoms with E-state index in [9.17, 15) is 4.39 Å². The van der Waals surface area contributed by atoms with E-state index in [2.05, 4.69) is 35.1 Å². The number of likely N-dealkylation sites (N-methyl/N-ethyl adjacent to an activating group) is 1. The lowest BCUT2D eigenvalue weighted by molar-refractivity contribution is 0.611. The van der Waals surface area contributed by atoms with Crippen LogP contribution in [-0.2, 0) is 0 Å². The molecule has 0 aliphatic carbocycles. The topological polar surface area (TPSA) is 12.0 Å². The second-order valence-electron chi connectivity index (χ2n) is 3.38. The van der Waals surface area contributed by atoms with Crippen molar-refractivity contribution in [2.75, 3.05) is 13.1 Å². The molecule has 0 saturated carbocycles. The zero-order chi connectivity index (χ0) is 10.6. The molecule has 0 radical (unpaired) electrons. The maximum Gasteiger partial charge on any atom is 0.137 e. The molecule has 14 heavy (non-hydrogen) atoms. The van der Waals surface area contributed by atoms with Crippen molar-refractivity contribution in [3.8, 4) is 0 Å². The lowest BCUT2D eigenvalue weighted by atomic mass is 10.0. The van der Waals surface area contributed by atoms with Gasteiger partial charge in [-0.25, -0.2) is 4.39 Å². The second kappa shape index (κ2) is 5.47. The average Bonchev–Trinajstić information content (AvgIpc) is 2.18. The summed E-state index contributed by atoms with van der Waals surface area (Å²) in [6.45, 7) is 6.09. The predicted octanol–water partition coefficient (Wildman–Crippen LogP) is 3.30. The summed E-state index contributed by atoms with van der Waals surface area (Å²) < 4.78 is 13.5. The second-order valence-corrected chi connectivity index (χ2v) is 4.24. The molecule has 1 unspecified atom stereocenters. The van der Waals surface area contributed by atoms with Crippen LogP contribution in [0.3, 0.4) is 0 Å². The van der Waals surface area contributed by atoms with Crippen LogP contribution < -0.4 is 5.32 Å². The van der Waals surface area contributed by atoms with Gasteiger partial charge >= 0.3 is 0 Å². The first-order chi connectivity index (χ1) is 6.65. The predicted molar refractivity (Wildman–Crippen MR) is 61.1 cm³/mol. The van der Waals surface area contributed by atoms with Gasteiger partial charge in [0.2, 0.25) is 0 Å². The van der Waals surface area contributed by atoms with Crippen LogP contribution in [0.2, 0.25) is 0 Å². The van der Waals surface area contributed by atoms with Gasteiger partial charge in [-0.1, -0.05) is 19.9 Å². The standard InChI is InChI=1S/C11H15BrFN/c1-3-14-7-8(2)9-4-5-11(13)10(12)6-9/h4-6,8,14H,3,7H2,1-2H3. The molecule has 0 aliphatic heterocycles. The van der Waals surface area contributed by atoms with Crippen molar-refractivity contribution < 1.29 is 4.39 Å². The van der Waals surface area contributed by atoms with E-state index in [0.717, 1.165) is 18.7 Å². The van der Waals surface area contributed by atoms with Gasteiger partial charge in [0.15, 0.2) is 0 Å². The maximum atomic E-state index is 13.0. The van der Waals surface area contributed by atoms with Crippen LogP contribution in [0.1, 0.15) is 25.3 Å². The molecule has 1 nitrogen and oxygen atoms in total. The van der Waals surface area contributed by atoms with Crippen molar-refractivity contribution in [1.82, 2.24) is 5.32 Å². The minimum Gasteiger partial charge on any atom is -0.316 e. The summed E-state index contributed by atoms with van der Waals surface area (Å²) in [5.41, 5.74) is 1.15. The van der Waals surface area contributed by atoms with Crippen molar-refractivity contribution >= 4 is 15.9 Å². The average molecular weight is 260 g/mol. The molecule has 0 spiro atoms. The van der Waals surface area contributed by atoms with Gasteiger partial charge < -0.3 is 5.32 Å². The van der Waals surface area contributed by atoms with Crippen LogP contribution >= 0.6 is 15.9 Å². The number of hydrogen-bond donors (Lipinski definition) is 1. The van der Waals surface area contributed by atoms with E-state index in [1.807, 2.05) is 12.1 Å². The number of rotatable bonds is 4. The van der Waals surface area contributed by atoms with Gasteiger partial charge in [0.05, 0.1) is 4.47 Å². The van der Waals surface area contributed by atoms with Gasteiger partial charge in [0.1, 0.15) is 5.82 Å². The van der Waals surface area contributed by atoms with Crippen molar-refractivity contribution in [1.29, 1.82) is 0 Å². The molecule has 0 aromatic heterocycles. The first kappa shape index (κ1) is 11.7. The molecule has 0 heterocycles. The molecule has 1 aromatic carbocycles. The highest BCUT2D eigenvalue weighted by Crippen LogP contribution is 2.21. The van der Waals surface area contributed by atoms with Gasteiger partial charge in [-0.15, -0.1) is 0 Å². The molecule has 3 heteroatoms. The molecule has 1 rings (SSSR count). The van der Waals surface area contributed by atoms with Crippen LogP contribution in [0, 0.1) is 5.82 Å². The molecule has 78 valence electrons. The number of nitrogens with one attached hydrogen (secondary N) is 1. The fourth-order valence-electron chi connectivity index (χ4n) is 1.30. The number of benzene rings is 1. The Bertz CT molecular complexity index is 301. The molecule has 1 atom stereocenters. The van der Waals surface area contributed by atoms with Crippen molar-refractivity contribution in [3.63, 3.8) is 0 Å². The first-order valence-electron chi connectivity index (χ1n) is 4.80. The van der Waals surface area contributed by atoms with Crippen molar-refractivity contribution in [2.24, 2.45) is 0 Å². The van der Waals surface area contributed by atoms with Gasteiger partial charge in [0, 0.05) is 6.54 Å². The highest BCUT2D eigenvalue weighted by molar-refractivity contribution is 9.10. The summed E-state index contributed by atoms with van der Waals surface area (Å²) in [6, 6.07) is 5.18. The molecular formula is C11H15BrFN. The van der Waals surface area contributed by atoms with E-state index in [0.29, 0.717) is 10.4 Å². The van der Waals surface area contributed by atoms with Crippen LogP contribution in [0.5, 0.6) is 0 Å². The van der Waals surface area contributed by atoms with Crippen LogP contribution in [0.25, 0.3) is 0 Å². The van der Waals surface area contributed by atoms with Crippen molar-refractivity contribution in [3.05, 3.63) is 34.1 Å². The van der Waals surface area contributed by atoms with E-state index in [4.69, 9.17) is 0 Å². The highest BCUT2D eigenvalue weighted by Gasteiger charge is 2.07. The Labute approximate surface area is 92.8 Å². The quantitative estimate of drug-likeness (QED) is 0.875. The third kappa shape index (κ3) is 3.07. The van der Waals surface area contributed by atoms with Crippen LogP contribution in [0.15, 0.2) is 22.7 Å². The van der Waals surface area contributed by atoms with E-state index >= 15 is 0 Å². The normalized spacial score (nSPS) is 12.9. The zero-order valence-corrected chi connectivity index (χ0v) is 10.1. The Balaban J connectivity index is 2.70. The summed E-state index contributed by atoms with van der Waals surface area (Å²) in [4.78, 5) is 0. The summed E-state index contributed by atoms with van der Waals surface area (Å²) in [6.07, 6.45) is 0. The fraction of sp³-hybridized carbons (Fsp3) is 0.455. The molecule has 0 aliphatic rings. The SMILES string of the molecule is CCNCC(C)c1ccc(F)c(Br)c1. The molecule has 0 fully saturated rings. The largest absolute Gasteiger partial charge is 0.316 e. The smallest absolute Gasteiger partial charge is 0.137 e. The van der Waals surface area contributed by atoms with Crippen LogP contribution in [-0.4, -0.2) is 13.1 Å². The molecular weight excluding hydrogens is 245 g/mol. The van der Waals surface area contributed by atoms with Crippen LogP contribution in [0.4, 0.5) is 4.39 Å². The van der Waals surface area contributed by atoms with Gasteiger partial charge in [-0.05, 0) is 46.1 Å². The third-order valence-corrected chi connectivity index (χ3v) is 2.82. The Kier molecular flexibility index (Phi) is 4.55. The number of halogens is 2. The molecule has 1 aromatic rings. The summed E-state index contributed by atoms with van der Waals surface area (Å²) >= 11 is 3.19. The lowest BCUT2D eigenvalue weighted by Crippen LogP contribution is -2.19. The van der Waals surface area contributed by atoms with E-state index in [1.54, 1.807) is 0 Å². The fourth-order valence-corrected chi connectivity index (χ4v) is 1.69. The minimum atomic E-state index is -0.204. The first-order valence-corrected chi connectivity index (χ1v) is 5.60. The van der Waals surface area contributed by atoms with E-state index in [-0.39, 0.29) is 5.82 Å². The van der Waals surface area contributed by atoms with Gasteiger partial charge in [-0.3, -0.25) is 0 Å². The van der Waals surface area contributed by atoms with E-state index in [1.165, 1.54) is 6.07 Å². The van der Waals surface area contributed by atoms with Crippen molar-refractivity contribution in [2.45, 2.75) is 19.8 Å². The zero-order valence-electron chi connectivity index (χ0n) is 8.48. The van der Waals surface area contributed by atoms with Gasteiger partial charge in [0.25, 0.3) is 0 Å². The third-order valence-electron chi connectivity index (χ3n) is 2.21. The highest BCUT2D eigenvalue weighted by atomic mass is 79.9. The minimum absolute atomic E-state index is 0.204. The Morgan fingerprint density at radius 3 is 2.79 bits per heavy atom. The number of hydrogen-bond acceptors (Lipinski definition) is 1. The monoisotopic (exact) mass is 259 g/mol. The summed E-state index contributed by atoms with van der Waals surface area (Å²) in [5.74, 6) is 0.205. The molecule has 0 bridgehead atoms. The summed E-state index contributed by atoms with van der Waals surface area (Å²) in [5, 5.41) is 3.27. The Hall–Kier alpha value is -0.410. The lowest BCUT2D eigenvalue weighted by Gasteiger charge is -2.12. The molecule has 1 N–H and O–H groups in total. The molecule has 0 saturated heterocycles. The summed E-state index contributed by atoms with van der Waals surface area (Å²) in [7, 11) is 0. The Morgan fingerprint density at radius 2 is 2.21 bits per heavy atom. The molecule has 0 amide bonds. The Morgan fingerprint density at radius 1 is 1.50 bits per heavy atom. The van der Waals surface area contributed by atoms with E-state index < -0.39 is 0 Å².